The average molecular weight is 331 g/mol. The van der Waals surface area contributed by atoms with Crippen LogP contribution < -0.4 is 10.6 Å². The number of anilines is 3. The van der Waals surface area contributed by atoms with Gasteiger partial charge in [0.25, 0.3) is 5.91 Å². The van der Waals surface area contributed by atoms with Gasteiger partial charge < -0.3 is 15.2 Å². The number of aromatic nitrogens is 3. The molecule has 0 saturated carbocycles. The minimum atomic E-state index is -0.879. The molecule has 24 heavy (non-hydrogen) atoms. The first-order chi connectivity index (χ1) is 11.5. The molecule has 0 aliphatic carbocycles. The van der Waals surface area contributed by atoms with Crippen LogP contribution in [0.25, 0.3) is 0 Å². The van der Waals surface area contributed by atoms with Gasteiger partial charge in [0.2, 0.25) is 0 Å². The third-order valence-corrected chi connectivity index (χ3v) is 2.98. The highest BCUT2D eigenvalue weighted by atomic mass is 19.1. The zero-order valence-electron chi connectivity index (χ0n) is 12.4. The smallest absolute Gasteiger partial charge is 0.276 e. The molecule has 2 heterocycles. The lowest BCUT2D eigenvalue weighted by Crippen LogP contribution is -2.16. The van der Waals surface area contributed by atoms with E-state index in [1.807, 2.05) is 0 Å². The van der Waals surface area contributed by atoms with Gasteiger partial charge in [0.15, 0.2) is 17.3 Å². The largest absolute Gasteiger partial charge is 0.360 e. The van der Waals surface area contributed by atoms with Crippen molar-refractivity contribution in [2.45, 2.75) is 6.92 Å². The Bertz CT molecular complexity index is 860. The van der Waals surface area contributed by atoms with Gasteiger partial charge in [0.05, 0.1) is 0 Å². The van der Waals surface area contributed by atoms with Crippen LogP contribution in [0.1, 0.15) is 16.2 Å². The fourth-order valence-corrected chi connectivity index (χ4v) is 1.87. The van der Waals surface area contributed by atoms with Crippen LogP contribution in [0.4, 0.5) is 26.1 Å². The molecular formula is C15H11F2N5O2. The molecule has 0 fully saturated rings. The van der Waals surface area contributed by atoms with Crippen molar-refractivity contribution in [3.63, 3.8) is 0 Å². The number of amides is 1. The van der Waals surface area contributed by atoms with Gasteiger partial charge in [0, 0.05) is 6.07 Å². The molecule has 2 aromatic heterocycles. The highest BCUT2D eigenvalue weighted by Gasteiger charge is 2.15. The van der Waals surface area contributed by atoms with E-state index in [2.05, 4.69) is 26.0 Å². The van der Waals surface area contributed by atoms with E-state index in [0.717, 1.165) is 12.1 Å². The second-order valence-electron chi connectivity index (χ2n) is 4.80. The second-order valence-corrected chi connectivity index (χ2v) is 4.80. The van der Waals surface area contributed by atoms with Crippen molar-refractivity contribution in [3.05, 3.63) is 59.5 Å². The number of para-hydroxylation sites is 1. The topological polar surface area (TPSA) is 92.9 Å². The summed E-state index contributed by atoms with van der Waals surface area (Å²) in [4.78, 5) is 12.0. The van der Waals surface area contributed by atoms with E-state index in [0.29, 0.717) is 17.4 Å². The van der Waals surface area contributed by atoms with Crippen LogP contribution >= 0.6 is 0 Å². The fourth-order valence-electron chi connectivity index (χ4n) is 1.87. The minimum Gasteiger partial charge on any atom is -0.360 e. The first-order valence-electron chi connectivity index (χ1n) is 6.82. The highest BCUT2D eigenvalue weighted by molar-refractivity contribution is 6.02. The molecule has 0 aliphatic rings. The van der Waals surface area contributed by atoms with Crippen LogP contribution in [-0.4, -0.2) is 21.3 Å². The van der Waals surface area contributed by atoms with Crippen LogP contribution in [0.5, 0.6) is 0 Å². The molecular weight excluding hydrogens is 320 g/mol. The number of hydrogen-bond donors (Lipinski definition) is 2. The molecule has 7 nitrogen and oxygen atoms in total. The van der Waals surface area contributed by atoms with Crippen molar-refractivity contribution < 1.29 is 18.1 Å². The number of aryl methyl sites for hydroxylation is 1. The Morgan fingerprint density at radius 1 is 1.08 bits per heavy atom. The van der Waals surface area contributed by atoms with Crippen LogP contribution in [0.3, 0.4) is 0 Å². The number of rotatable bonds is 4. The maximum atomic E-state index is 13.5. The molecule has 0 radical (unpaired) electrons. The molecule has 3 rings (SSSR count). The van der Waals surface area contributed by atoms with Crippen molar-refractivity contribution in [1.29, 1.82) is 0 Å². The number of carbonyl (C=O) groups is 1. The van der Waals surface area contributed by atoms with E-state index in [1.165, 1.54) is 18.2 Å². The number of carbonyl (C=O) groups excluding carboxylic acids is 1. The molecule has 0 saturated heterocycles. The van der Waals surface area contributed by atoms with E-state index in [9.17, 15) is 13.6 Å². The standard InChI is InChI=1S/C15H11F2N5O2/c1-8-7-13(22-24-8)18-12-6-5-11(20-21-12)15(23)19-14-9(16)3-2-4-10(14)17/h2-7H,1H3,(H,19,23)(H,18,21,22). The lowest BCUT2D eigenvalue weighted by atomic mass is 10.2. The van der Waals surface area contributed by atoms with Crippen LogP contribution in [0, 0.1) is 18.6 Å². The van der Waals surface area contributed by atoms with Gasteiger partial charge in [-0.05, 0) is 31.2 Å². The lowest BCUT2D eigenvalue weighted by Gasteiger charge is -2.07. The monoisotopic (exact) mass is 331 g/mol. The van der Waals surface area contributed by atoms with E-state index in [4.69, 9.17) is 4.52 Å². The van der Waals surface area contributed by atoms with Gasteiger partial charge in [-0.15, -0.1) is 10.2 Å². The maximum absolute atomic E-state index is 13.5. The molecule has 0 bridgehead atoms. The third-order valence-electron chi connectivity index (χ3n) is 2.98. The van der Waals surface area contributed by atoms with E-state index in [1.54, 1.807) is 13.0 Å². The van der Waals surface area contributed by atoms with Crippen molar-refractivity contribution in [1.82, 2.24) is 15.4 Å². The molecule has 0 spiro atoms. The van der Waals surface area contributed by atoms with Crippen molar-refractivity contribution >= 4 is 23.2 Å². The van der Waals surface area contributed by atoms with Gasteiger partial charge in [-0.1, -0.05) is 11.2 Å². The molecule has 3 aromatic rings. The Morgan fingerprint density at radius 3 is 2.42 bits per heavy atom. The Kier molecular flexibility index (Phi) is 4.15. The molecule has 122 valence electrons. The Morgan fingerprint density at radius 2 is 1.83 bits per heavy atom. The molecule has 1 amide bonds. The number of hydrogen-bond acceptors (Lipinski definition) is 6. The summed E-state index contributed by atoms with van der Waals surface area (Å²) in [5, 5.41) is 16.2. The summed E-state index contributed by atoms with van der Waals surface area (Å²) in [7, 11) is 0. The van der Waals surface area contributed by atoms with Crippen molar-refractivity contribution in [2.75, 3.05) is 10.6 Å². The molecule has 2 N–H and O–H groups in total. The Hall–Kier alpha value is -3.36. The molecule has 0 unspecified atom stereocenters. The first kappa shape index (κ1) is 15.5. The predicted molar refractivity (Wildman–Crippen MR) is 80.9 cm³/mol. The molecule has 9 heteroatoms. The Balaban J connectivity index is 1.72. The summed E-state index contributed by atoms with van der Waals surface area (Å²) in [6.45, 7) is 1.74. The molecule has 1 aromatic carbocycles. The van der Waals surface area contributed by atoms with Gasteiger partial charge in [-0.2, -0.15) is 0 Å². The molecule has 0 aliphatic heterocycles. The van der Waals surface area contributed by atoms with Crippen molar-refractivity contribution in [3.8, 4) is 0 Å². The molecule has 0 atom stereocenters. The van der Waals surface area contributed by atoms with Gasteiger partial charge in [0.1, 0.15) is 23.1 Å². The zero-order chi connectivity index (χ0) is 17.1. The highest BCUT2D eigenvalue weighted by Crippen LogP contribution is 2.19. The number of benzene rings is 1. The minimum absolute atomic E-state index is 0.0977. The van der Waals surface area contributed by atoms with Crippen molar-refractivity contribution in [2.24, 2.45) is 0 Å². The van der Waals surface area contributed by atoms with Gasteiger partial charge in [-0.25, -0.2) is 8.78 Å². The lowest BCUT2D eigenvalue weighted by molar-refractivity contribution is 0.102. The summed E-state index contributed by atoms with van der Waals surface area (Å²) < 4.78 is 31.9. The maximum Gasteiger partial charge on any atom is 0.276 e. The van der Waals surface area contributed by atoms with Crippen LogP contribution in [-0.2, 0) is 0 Å². The Labute approximate surface area is 134 Å². The zero-order valence-corrected chi connectivity index (χ0v) is 12.4. The summed E-state index contributed by atoms with van der Waals surface area (Å²) in [5.74, 6) is -1.15. The summed E-state index contributed by atoms with van der Waals surface area (Å²) in [6.07, 6.45) is 0. The third kappa shape index (κ3) is 3.35. The summed E-state index contributed by atoms with van der Waals surface area (Å²) >= 11 is 0. The normalized spacial score (nSPS) is 10.5. The van der Waals surface area contributed by atoms with E-state index in [-0.39, 0.29) is 5.69 Å². The summed E-state index contributed by atoms with van der Waals surface area (Å²) in [6, 6.07) is 7.77. The quantitative estimate of drug-likeness (QED) is 0.763. The predicted octanol–water partition coefficient (Wildman–Crippen LogP) is 3.05. The summed E-state index contributed by atoms with van der Waals surface area (Å²) in [5.41, 5.74) is -0.635. The number of nitrogens with zero attached hydrogens (tertiary/aromatic N) is 3. The second kappa shape index (κ2) is 6.41. The van der Waals surface area contributed by atoms with Crippen LogP contribution in [0.15, 0.2) is 40.9 Å². The van der Waals surface area contributed by atoms with Gasteiger partial charge in [-0.3, -0.25) is 4.79 Å². The van der Waals surface area contributed by atoms with Crippen LogP contribution in [0.2, 0.25) is 0 Å². The fraction of sp³-hybridized carbons (Fsp3) is 0.0667. The number of halogens is 2. The van der Waals surface area contributed by atoms with E-state index < -0.39 is 23.2 Å². The SMILES string of the molecule is Cc1cc(Nc2ccc(C(=O)Nc3c(F)cccc3F)nn2)no1. The van der Waals surface area contributed by atoms with Gasteiger partial charge >= 0.3 is 0 Å². The van der Waals surface area contributed by atoms with E-state index >= 15 is 0 Å². The first-order valence-corrected chi connectivity index (χ1v) is 6.82. The number of nitrogens with one attached hydrogen (secondary N) is 2. The average Bonchev–Trinajstić information content (AvgIpc) is 2.96.